The number of methoxy groups -OCH3 is 1. The van der Waals surface area contributed by atoms with Crippen molar-refractivity contribution < 1.29 is 4.74 Å². The average Bonchev–Trinajstić information content (AvgIpc) is 2.89. The number of nitrogens with one attached hydrogen (secondary N) is 1. The van der Waals surface area contributed by atoms with Crippen molar-refractivity contribution in [2.45, 2.75) is 13.3 Å². The molecule has 9 heteroatoms. The van der Waals surface area contributed by atoms with Crippen LogP contribution in [0.2, 0.25) is 0 Å². The summed E-state index contributed by atoms with van der Waals surface area (Å²) in [6, 6.07) is 15.2. The molecule has 0 aliphatic carbocycles. The lowest BCUT2D eigenvalue weighted by Gasteiger charge is -2.34. The number of piperazine rings is 1. The molecule has 2 aromatic carbocycles. The molecule has 186 valence electrons. The number of nitrogen functional groups attached to an aromatic ring is 1. The molecule has 4 aromatic rings. The molecule has 9 nitrogen and oxygen atoms in total. The van der Waals surface area contributed by atoms with Crippen molar-refractivity contribution in [3.63, 3.8) is 0 Å². The van der Waals surface area contributed by atoms with Crippen molar-refractivity contribution in [3.05, 3.63) is 70.6 Å². The summed E-state index contributed by atoms with van der Waals surface area (Å²) in [6.45, 7) is 5.97. The second kappa shape index (κ2) is 9.87. The molecule has 1 aliphatic heterocycles. The number of fused-ring (bicyclic) bond motifs is 1. The van der Waals surface area contributed by atoms with Crippen molar-refractivity contribution in [3.8, 4) is 11.4 Å². The molecule has 0 radical (unpaired) electrons. The number of aromatic nitrogens is 3. The van der Waals surface area contributed by atoms with E-state index in [0.717, 1.165) is 42.9 Å². The zero-order valence-electron chi connectivity index (χ0n) is 20.9. The van der Waals surface area contributed by atoms with Crippen LogP contribution in [0, 0.1) is 0 Å². The molecule has 3 heterocycles. The zero-order valence-corrected chi connectivity index (χ0v) is 20.9. The van der Waals surface area contributed by atoms with Crippen LogP contribution in [0.5, 0.6) is 5.75 Å². The maximum absolute atomic E-state index is 13.3. The number of hydrogen-bond donors (Lipinski definition) is 2. The van der Waals surface area contributed by atoms with Gasteiger partial charge in [0.2, 0.25) is 5.95 Å². The topological polar surface area (TPSA) is 102 Å². The number of benzene rings is 2. The predicted molar refractivity (Wildman–Crippen MR) is 145 cm³/mol. The van der Waals surface area contributed by atoms with E-state index < -0.39 is 0 Å². The van der Waals surface area contributed by atoms with E-state index in [9.17, 15) is 4.79 Å². The third-order valence-electron chi connectivity index (χ3n) is 6.62. The molecule has 1 aliphatic rings. The van der Waals surface area contributed by atoms with Crippen LogP contribution in [-0.2, 0) is 6.42 Å². The van der Waals surface area contributed by atoms with Crippen LogP contribution in [0.15, 0.2) is 59.5 Å². The highest BCUT2D eigenvalue weighted by molar-refractivity contribution is 5.79. The van der Waals surface area contributed by atoms with Gasteiger partial charge >= 0.3 is 0 Å². The zero-order chi connectivity index (χ0) is 25.2. The van der Waals surface area contributed by atoms with E-state index in [1.165, 1.54) is 0 Å². The largest absolute Gasteiger partial charge is 0.494 e. The van der Waals surface area contributed by atoms with E-state index in [0.29, 0.717) is 40.7 Å². The SMILES string of the molecule is CCc1cc2cnc(Nc3ccc(N4CCN(C)CC4)cc3OC)nc2n(-c2cccc(N)c2)c1=O. The Hall–Kier alpha value is -4.11. The van der Waals surface area contributed by atoms with Gasteiger partial charge in [0.25, 0.3) is 5.56 Å². The van der Waals surface area contributed by atoms with E-state index in [4.69, 9.17) is 15.5 Å². The first kappa shape index (κ1) is 23.6. The Morgan fingerprint density at radius 2 is 1.86 bits per heavy atom. The highest BCUT2D eigenvalue weighted by Gasteiger charge is 2.17. The fourth-order valence-corrected chi connectivity index (χ4v) is 4.53. The molecule has 0 saturated carbocycles. The van der Waals surface area contributed by atoms with Crippen LogP contribution in [0.1, 0.15) is 12.5 Å². The first-order valence-electron chi connectivity index (χ1n) is 12.1. The summed E-state index contributed by atoms with van der Waals surface area (Å²) >= 11 is 0. The van der Waals surface area contributed by atoms with Gasteiger partial charge in [0.1, 0.15) is 5.75 Å². The fraction of sp³-hybridized carbons (Fsp3) is 0.296. The van der Waals surface area contributed by atoms with Gasteiger partial charge in [-0.15, -0.1) is 0 Å². The molecule has 0 bridgehead atoms. The molecule has 0 unspecified atom stereocenters. The van der Waals surface area contributed by atoms with E-state index in [1.807, 2.05) is 37.3 Å². The second-order valence-electron chi connectivity index (χ2n) is 9.03. The number of aryl methyl sites for hydroxylation is 1. The minimum Gasteiger partial charge on any atom is -0.494 e. The molecule has 1 fully saturated rings. The van der Waals surface area contributed by atoms with E-state index in [1.54, 1.807) is 30.0 Å². The summed E-state index contributed by atoms with van der Waals surface area (Å²) < 4.78 is 7.29. The Morgan fingerprint density at radius 3 is 2.58 bits per heavy atom. The molecular weight excluding hydrogens is 454 g/mol. The molecule has 0 atom stereocenters. The van der Waals surface area contributed by atoms with Crippen LogP contribution >= 0.6 is 0 Å². The molecule has 1 saturated heterocycles. The Balaban J connectivity index is 1.53. The van der Waals surface area contributed by atoms with Crippen LogP contribution < -0.4 is 26.2 Å². The van der Waals surface area contributed by atoms with Gasteiger partial charge in [-0.2, -0.15) is 4.98 Å². The molecule has 5 rings (SSSR count). The monoisotopic (exact) mass is 485 g/mol. The van der Waals surface area contributed by atoms with Gasteiger partial charge in [0, 0.05) is 60.8 Å². The Bertz CT molecular complexity index is 1460. The lowest BCUT2D eigenvalue weighted by molar-refractivity contribution is 0.312. The first-order valence-corrected chi connectivity index (χ1v) is 12.1. The van der Waals surface area contributed by atoms with Gasteiger partial charge in [-0.1, -0.05) is 13.0 Å². The molecule has 2 aromatic heterocycles. The van der Waals surface area contributed by atoms with E-state index >= 15 is 0 Å². The number of ether oxygens (including phenoxy) is 1. The van der Waals surface area contributed by atoms with Gasteiger partial charge in [0.15, 0.2) is 5.65 Å². The highest BCUT2D eigenvalue weighted by atomic mass is 16.5. The van der Waals surface area contributed by atoms with E-state index in [-0.39, 0.29) is 5.56 Å². The summed E-state index contributed by atoms with van der Waals surface area (Å²) in [5.74, 6) is 1.07. The molecule has 36 heavy (non-hydrogen) atoms. The normalized spacial score (nSPS) is 14.2. The number of pyridine rings is 1. The average molecular weight is 486 g/mol. The predicted octanol–water partition coefficient (Wildman–Crippen LogP) is 3.43. The number of anilines is 4. The van der Waals surface area contributed by atoms with Crippen molar-refractivity contribution >= 4 is 34.0 Å². The molecule has 3 N–H and O–H groups in total. The summed E-state index contributed by atoms with van der Waals surface area (Å²) in [5.41, 5.74) is 10.2. The Morgan fingerprint density at radius 1 is 1.06 bits per heavy atom. The van der Waals surface area contributed by atoms with Crippen LogP contribution in [0.3, 0.4) is 0 Å². The first-order chi connectivity index (χ1) is 17.5. The lowest BCUT2D eigenvalue weighted by atomic mass is 10.1. The maximum Gasteiger partial charge on any atom is 0.259 e. The Kier molecular flexibility index (Phi) is 6.47. The number of rotatable bonds is 6. The third-order valence-corrected chi connectivity index (χ3v) is 6.62. The number of hydrogen-bond acceptors (Lipinski definition) is 8. The summed E-state index contributed by atoms with van der Waals surface area (Å²) in [6.07, 6.45) is 2.34. The standard InChI is InChI=1S/C27H31N7O2/c1-4-18-14-19-17-29-27(31-25(19)34(26(18)35)22-7-5-6-20(28)15-22)30-23-9-8-21(16-24(23)36-3)33-12-10-32(2)11-13-33/h5-9,14-17H,4,10-13,28H2,1-3H3,(H,29,30,31). The van der Waals surface area contributed by atoms with Gasteiger partial charge in [-0.3, -0.25) is 9.36 Å². The number of likely N-dealkylation sites (N-methyl/N-ethyl adjacent to an activating group) is 1. The lowest BCUT2D eigenvalue weighted by Crippen LogP contribution is -2.44. The van der Waals surface area contributed by atoms with Gasteiger partial charge in [-0.05, 0) is 49.9 Å². The molecule has 0 amide bonds. The minimum absolute atomic E-state index is 0.116. The van der Waals surface area contributed by atoms with Crippen LogP contribution in [0.4, 0.5) is 23.0 Å². The summed E-state index contributed by atoms with van der Waals surface area (Å²) in [4.78, 5) is 27.3. The van der Waals surface area contributed by atoms with Crippen molar-refractivity contribution in [2.75, 3.05) is 56.3 Å². The number of nitrogens with zero attached hydrogens (tertiary/aromatic N) is 5. The van der Waals surface area contributed by atoms with Crippen LogP contribution in [-0.4, -0.2) is 59.8 Å². The molecule has 0 spiro atoms. The molecular formula is C27H31N7O2. The summed E-state index contributed by atoms with van der Waals surface area (Å²) in [5, 5.41) is 4.05. The quantitative estimate of drug-likeness (QED) is 0.401. The van der Waals surface area contributed by atoms with Gasteiger partial charge < -0.3 is 25.6 Å². The summed E-state index contributed by atoms with van der Waals surface area (Å²) in [7, 11) is 3.79. The van der Waals surface area contributed by atoms with Crippen LogP contribution in [0.25, 0.3) is 16.7 Å². The smallest absolute Gasteiger partial charge is 0.259 e. The van der Waals surface area contributed by atoms with Gasteiger partial charge in [-0.25, -0.2) is 4.98 Å². The Labute approximate surface area is 210 Å². The highest BCUT2D eigenvalue weighted by Crippen LogP contribution is 2.32. The second-order valence-corrected chi connectivity index (χ2v) is 9.03. The van der Waals surface area contributed by atoms with Crippen molar-refractivity contribution in [1.82, 2.24) is 19.4 Å². The van der Waals surface area contributed by atoms with Gasteiger partial charge in [0.05, 0.1) is 18.5 Å². The number of nitrogens with two attached hydrogens (primary N) is 1. The fourth-order valence-electron chi connectivity index (χ4n) is 4.53. The maximum atomic E-state index is 13.3. The minimum atomic E-state index is -0.116. The van der Waals surface area contributed by atoms with Crippen molar-refractivity contribution in [2.24, 2.45) is 0 Å². The van der Waals surface area contributed by atoms with Crippen molar-refractivity contribution in [1.29, 1.82) is 0 Å². The third kappa shape index (κ3) is 4.57. The van der Waals surface area contributed by atoms with E-state index in [2.05, 4.69) is 33.2 Å².